The molecule has 0 aromatic rings. The van der Waals surface area contributed by atoms with Crippen LogP contribution in [-0.2, 0) is 19.2 Å². The van der Waals surface area contributed by atoms with Crippen LogP contribution in [-0.4, -0.2) is 41.9 Å². The maximum atomic E-state index is 14.6. The summed E-state index contributed by atoms with van der Waals surface area (Å²) in [5.74, 6) is 1.10. The van der Waals surface area contributed by atoms with Crippen molar-refractivity contribution in [3.8, 4) is 0 Å². The molecule has 5 fully saturated rings. The van der Waals surface area contributed by atoms with Gasteiger partial charge in [-0.15, -0.1) is 0 Å². The summed E-state index contributed by atoms with van der Waals surface area (Å²) in [6.07, 6.45) is 13.1. The van der Waals surface area contributed by atoms with Crippen molar-refractivity contribution >= 4 is 17.6 Å². The van der Waals surface area contributed by atoms with Gasteiger partial charge in [-0.2, -0.15) is 0 Å². The van der Waals surface area contributed by atoms with Crippen molar-refractivity contribution in [2.24, 2.45) is 50.2 Å². The number of allylic oxidation sites excluding steroid dienone is 2. The molecule has 5 saturated carbocycles. The van der Waals surface area contributed by atoms with Gasteiger partial charge in [0.2, 0.25) is 5.91 Å². The number of nitrogens with one attached hydrogen (secondary N) is 1. The molecular formula is C36H56N2O4. The monoisotopic (exact) mass is 580 g/mol. The van der Waals surface area contributed by atoms with Gasteiger partial charge in [0.05, 0.1) is 13.2 Å². The zero-order chi connectivity index (χ0) is 30.7. The van der Waals surface area contributed by atoms with E-state index in [4.69, 9.17) is 4.84 Å². The number of carbonyl (C=O) groups excluding carboxylic acids is 3. The Hall–Kier alpha value is -1.69. The Labute approximate surface area is 254 Å². The number of rotatable bonds is 4. The van der Waals surface area contributed by atoms with E-state index in [1.165, 1.54) is 5.57 Å². The molecule has 0 aliphatic heterocycles. The molecule has 6 nitrogen and oxygen atoms in total. The van der Waals surface area contributed by atoms with Crippen molar-refractivity contribution in [2.45, 2.75) is 138 Å². The molecule has 1 unspecified atom stereocenters. The van der Waals surface area contributed by atoms with E-state index in [9.17, 15) is 14.4 Å². The lowest BCUT2D eigenvalue weighted by Gasteiger charge is -2.70. The minimum absolute atomic E-state index is 0.0186. The number of fused-ring (bicyclic) bond motifs is 7. The zero-order valence-electron chi connectivity index (χ0n) is 27.8. The first-order chi connectivity index (χ1) is 19.5. The van der Waals surface area contributed by atoms with E-state index in [1.807, 2.05) is 0 Å². The van der Waals surface area contributed by atoms with E-state index in [1.54, 1.807) is 19.1 Å². The molecule has 6 heteroatoms. The third-order valence-corrected chi connectivity index (χ3v) is 14.8. The van der Waals surface area contributed by atoms with Gasteiger partial charge in [0.15, 0.2) is 5.78 Å². The maximum Gasteiger partial charge on any atom is 0.252 e. The highest BCUT2D eigenvalue weighted by Gasteiger charge is 2.70. The van der Waals surface area contributed by atoms with Crippen LogP contribution in [0.25, 0.3) is 0 Å². The van der Waals surface area contributed by atoms with Gasteiger partial charge in [-0.25, -0.2) is 5.06 Å². The van der Waals surface area contributed by atoms with Gasteiger partial charge in [0, 0.05) is 24.3 Å². The first-order valence-corrected chi connectivity index (χ1v) is 16.9. The Balaban J connectivity index is 1.37. The van der Waals surface area contributed by atoms with E-state index in [0.717, 1.165) is 70.6 Å². The van der Waals surface area contributed by atoms with Crippen molar-refractivity contribution in [2.75, 3.05) is 7.11 Å². The van der Waals surface area contributed by atoms with Gasteiger partial charge in [0.25, 0.3) is 5.91 Å². The molecule has 0 aromatic heterocycles. The number of nitrogens with zero attached hydrogens (tertiary/aromatic N) is 1. The molecule has 0 heterocycles. The Morgan fingerprint density at radius 1 is 0.905 bits per heavy atom. The van der Waals surface area contributed by atoms with Crippen LogP contribution in [0.1, 0.15) is 126 Å². The van der Waals surface area contributed by atoms with Crippen molar-refractivity contribution in [3.05, 3.63) is 11.6 Å². The van der Waals surface area contributed by atoms with Crippen LogP contribution in [0.15, 0.2) is 11.6 Å². The molecule has 0 aromatic carbocycles. The Morgan fingerprint density at radius 2 is 1.57 bits per heavy atom. The lowest BCUT2D eigenvalue weighted by molar-refractivity contribution is -0.198. The number of hydroxylamine groups is 2. The van der Waals surface area contributed by atoms with Crippen LogP contribution < -0.4 is 5.32 Å². The summed E-state index contributed by atoms with van der Waals surface area (Å²) in [5, 5.41) is 4.94. The fourth-order valence-corrected chi connectivity index (χ4v) is 11.9. The number of amides is 2. The lowest BCUT2D eigenvalue weighted by Crippen LogP contribution is -2.67. The van der Waals surface area contributed by atoms with Crippen LogP contribution in [0.2, 0.25) is 0 Å². The number of hydrogen-bond donors (Lipinski definition) is 1. The zero-order valence-corrected chi connectivity index (χ0v) is 27.8. The minimum atomic E-state index is -0.474. The maximum absolute atomic E-state index is 14.6. The fourth-order valence-electron chi connectivity index (χ4n) is 11.9. The lowest BCUT2D eigenvalue weighted by atomic mass is 9.33. The van der Waals surface area contributed by atoms with E-state index in [2.05, 4.69) is 59.9 Å². The molecule has 2 amide bonds. The molecule has 6 aliphatic rings. The smallest absolute Gasteiger partial charge is 0.252 e. The predicted octanol–water partition coefficient (Wildman–Crippen LogP) is 7.02. The number of carbonyl (C=O) groups is 3. The molecule has 0 bridgehead atoms. The third kappa shape index (κ3) is 4.01. The second-order valence-electron chi connectivity index (χ2n) is 17.4. The molecule has 6 rings (SSSR count). The molecule has 1 N–H and O–H groups in total. The summed E-state index contributed by atoms with van der Waals surface area (Å²) >= 11 is 0. The normalized spacial score (nSPS) is 47.6. The van der Waals surface area contributed by atoms with Crippen LogP contribution in [0.4, 0.5) is 0 Å². The molecule has 0 saturated heterocycles. The SMILES string of the molecule is CON(C(=O)[C@@]1(C)CC[C@]2(C)CC[C@]3(C)C(=CC(=O)[C@@H]4[C@@]5(C)CC[C@H](NC(C)=O)C(C)(C)C5CC[C@]43C)[C@@H]2C1)C1CC1. The number of hydrogen-bond acceptors (Lipinski definition) is 4. The largest absolute Gasteiger partial charge is 0.353 e. The van der Waals surface area contributed by atoms with Crippen molar-refractivity contribution in [1.29, 1.82) is 0 Å². The predicted molar refractivity (Wildman–Crippen MR) is 164 cm³/mol. The Morgan fingerprint density at radius 3 is 2.19 bits per heavy atom. The summed E-state index contributed by atoms with van der Waals surface area (Å²) in [7, 11) is 1.63. The highest BCUT2D eigenvalue weighted by molar-refractivity contribution is 5.96. The molecule has 42 heavy (non-hydrogen) atoms. The molecule has 9 atom stereocenters. The van der Waals surface area contributed by atoms with Gasteiger partial charge < -0.3 is 5.32 Å². The van der Waals surface area contributed by atoms with Gasteiger partial charge in [-0.1, -0.05) is 54.0 Å². The second-order valence-corrected chi connectivity index (χ2v) is 17.4. The number of ketones is 1. The first kappa shape index (κ1) is 30.3. The van der Waals surface area contributed by atoms with E-state index >= 15 is 0 Å². The molecule has 234 valence electrons. The van der Waals surface area contributed by atoms with Gasteiger partial charge >= 0.3 is 0 Å². The average Bonchev–Trinajstić information content (AvgIpc) is 3.73. The average molecular weight is 581 g/mol. The Bertz CT molecular complexity index is 1220. The van der Waals surface area contributed by atoms with Gasteiger partial charge in [-0.3, -0.25) is 19.2 Å². The van der Waals surface area contributed by atoms with Crippen LogP contribution >= 0.6 is 0 Å². The van der Waals surface area contributed by atoms with Crippen LogP contribution in [0.5, 0.6) is 0 Å². The van der Waals surface area contributed by atoms with Gasteiger partial charge in [0.1, 0.15) is 0 Å². The van der Waals surface area contributed by atoms with Crippen molar-refractivity contribution < 1.29 is 19.2 Å². The standard InChI is InChI=1S/C36H56N2O4/c1-22(39)37-28-13-14-34(6)27(31(28,2)3)12-15-36(8)29(34)26(40)20-24-25-21-33(5,30(41)38(42-9)23-10-11-23)17-16-32(25,4)18-19-35(24,36)7/h20,23,25,27-29H,10-19,21H2,1-9H3,(H,37,39)/t25-,27?,28-,29+,32+,33-,34-,35+,36+/m0/s1. The summed E-state index contributed by atoms with van der Waals surface area (Å²) in [5.41, 5.74) is 0.626. The van der Waals surface area contributed by atoms with E-state index < -0.39 is 5.41 Å². The summed E-state index contributed by atoms with van der Waals surface area (Å²) in [4.78, 5) is 46.3. The molecular weight excluding hydrogens is 524 g/mol. The summed E-state index contributed by atoms with van der Waals surface area (Å²) in [6.45, 7) is 18.2. The summed E-state index contributed by atoms with van der Waals surface area (Å²) in [6, 6.07) is 0.369. The third-order valence-electron chi connectivity index (χ3n) is 14.8. The minimum Gasteiger partial charge on any atom is -0.353 e. The van der Waals surface area contributed by atoms with Crippen LogP contribution in [0, 0.1) is 50.2 Å². The molecule has 0 radical (unpaired) electrons. The van der Waals surface area contributed by atoms with Gasteiger partial charge in [-0.05, 0) is 116 Å². The topological polar surface area (TPSA) is 75.7 Å². The fraction of sp³-hybridized carbons (Fsp3) is 0.861. The van der Waals surface area contributed by atoms with E-state index in [0.29, 0.717) is 11.7 Å². The highest BCUT2D eigenvalue weighted by Crippen LogP contribution is 2.75. The Kier molecular flexibility index (Phi) is 6.80. The molecule has 6 aliphatic carbocycles. The van der Waals surface area contributed by atoms with Crippen molar-refractivity contribution in [3.63, 3.8) is 0 Å². The highest BCUT2D eigenvalue weighted by atomic mass is 16.7. The second kappa shape index (κ2) is 9.41. The van der Waals surface area contributed by atoms with Crippen LogP contribution in [0.3, 0.4) is 0 Å². The summed E-state index contributed by atoms with van der Waals surface area (Å²) < 4.78 is 0. The van der Waals surface area contributed by atoms with E-state index in [-0.39, 0.29) is 62.8 Å². The molecule has 0 spiro atoms. The quantitative estimate of drug-likeness (QED) is 0.363. The van der Waals surface area contributed by atoms with Crippen molar-refractivity contribution in [1.82, 2.24) is 10.4 Å². The first-order valence-electron chi connectivity index (χ1n) is 16.9.